The Hall–Kier alpha value is -1.32. The van der Waals surface area contributed by atoms with Crippen LogP contribution in [-0.4, -0.2) is 17.8 Å². The van der Waals surface area contributed by atoms with Gasteiger partial charge < -0.3 is 9.30 Å². The zero-order valence-corrected chi connectivity index (χ0v) is 12.8. The average Bonchev–Trinajstić information content (AvgIpc) is 2.84. The van der Waals surface area contributed by atoms with Gasteiger partial charge in [-0.1, -0.05) is 40.2 Å². The molecule has 2 nitrogen and oxygen atoms in total. The number of rotatable bonds is 1. The number of benzene rings is 2. The number of para-hydroxylation sites is 1. The molecule has 2 heterocycles. The largest absolute Gasteiger partial charge is 0.379 e. The van der Waals surface area contributed by atoms with E-state index in [1.807, 2.05) is 0 Å². The van der Waals surface area contributed by atoms with Crippen LogP contribution in [0, 0.1) is 0 Å². The molecule has 20 heavy (non-hydrogen) atoms. The van der Waals surface area contributed by atoms with Gasteiger partial charge in [0.1, 0.15) is 0 Å². The monoisotopic (exact) mass is 329 g/mol. The van der Waals surface area contributed by atoms with Gasteiger partial charge in [-0.15, -0.1) is 0 Å². The summed E-state index contributed by atoms with van der Waals surface area (Å²) in [5.74, 6) is 0. The maximum Gasteiger partial charge on any atom is 0.0674 e. The molecule has 1 aliphatic heterocycles. The molecular formula is C17H16BrNO. The van der Waals surface area contributed by atoms with E-state index in [-0.39, 0.29) is 0 Å². The molecule has 1 fully saturated rings. The summed E-state index contributed by atoms with van der Waals surface area (Å²) in [6, 6.07) is 15.6. The Morgan fingerprint density at radius 3 is 2.75 bits per heavy atom. The van der Waals surface area contributed by atoms with Crippen LogP contribution in [0.1, 0.15) is 18.9 Å². The van der Waals surface area contributed by atoms with E-state index in [2.05, 4.69) is 63.0 Å². The van der Waals surface area contributed by atoms with Crippen LogP contribution in [0.5, 0.6) is 0 Å². The minimum Gasteiger partial charge on any atom is -0.379 e. The van der Waals surface area contributed by atoms with Crippen molar-refractivity contribution in [2.75, 3.05) is 13.2 Å². The fourth-order valence-electron chi connectivity index (χ4n) is 3.33. The number of ether oxygens (including phenoxy) is 1. The second kappa shape index (κ2) is 4.90. The Balaban J connectivity index is 2.08. The Kier molecular flexibility index (Phi) is 3.04. The van der Waals surface area contributed by atoms with Gasteiger partial charge in [0, 0.05) is 27.4 Å². The summed E-state index contributed by atoms with van der Waals surface area (Å²) in [5.41, 5.74) is 2.61. The fraction of sp³-hybridized carbons (Fsp3) is 0.294. The molecule has 0 amide bonds. The molecule has 1 saturated heterocycles. The summed E-state index contributed by atoms with van der Waals surface area (Å²) in [6.45, 7) is 1.72. The molecule has 0 radical (unpaired) electrons. The van der Waals surface area contributed by atoms with E-state index in [1.165, 1.54) is 32.7 Å². The van der Waals surface area contributed by atoms with E-state index < -0.39 is 0 Å². The van der Waals surface area contributed by atoms with Crippen molar-refractivity contribution in [1.29, 1.82) is 0 Å². The molecule has 2 aromatic carbocycles. The lowest BCUT2D eigenvalue weighted by Gasteiger charge is -2.25. The van der Waals surface area contributed by atoms with Crippen LogP contribution in [-0.2, 0) is 4.74 Å². The number of hydrogen-bond acceptors (Lipinski definition) is 1. The zero-order valence-electron chi connectivity index (χ0n) is 11.2. The lowest BCUT2D eigenvalue weighted by Crippen LogP contribution is -2.20. The maximum atomic E-state index is 5.70. The third kappa shape index (κ3) is 1.80. The van der Waals surface area contributed by atoms with E-state index >= 15 is 0 Å². The summed E-state index contributed by atoms with van der Waals surface area (Å²) in [5, 5.41) is 2.63. The first-order chi connectivity index (χ1) is 9.86. The average molecular weight is 330 g/mol. The highest BCUT2D eigenvalue weighted by Gasteiger charge is 2.21. The maximum absolute atomic E-state index is 5.70. The number of halogens is 1. The molecule has 1 aliphatic rings. The van der Waals surface area contributed by atoms with Gasteiger partial charge in [-0.25, -0.2) is 0 Å². The summed E-state index contributed by atoms with van der Waals surface area (Å²) in [6.07, 6.45) is 2.34. The molecule has 0 saturated carbocycles. The van der Waals surface area contributed by atoms with Crippen molar-refractivity contribution in [3.05, 3.63) is 46.9 Å². The second-order valence-electron chi connectivity index (χ2n) is 5.39. The van der Waals surface area contributed by atoms with Crippen LogP contribution in [0.4, 0.5) is 0 Å². The van der Waals surface area contributed by atoms with Gasteiger partial charge in [0.2, 0.25) is 0 Å². The van der Waals surface area contributed by atoms with Gasteiger partial charge in [-0.3, -0.25) is 0 Å². The normalized spacial score (nSPS) is 19.8. The van der Waals surface area contributed by atoms with Crippen LogP contribution in [0.25, 0.3) is 21.8 Å². The molecule has 1 aromatic heterocycles. The highest BCUT2D eigenvalue weighted by atomic mass is 79.9. The van der Waals surface area contributed by atoms with E-state index in [1.54, 1.807) is 0 Å². The smallest absolute Gasteiger partial charge is 0.0674 e. The van der Waals surface area contributed by atoms with Crippen molar-refractivity contribution in [2.45, 2.75) is 18.9 Å². The summed E-state index contributed by atoms with van der Waals surface area (Å²) in [7, 11) is 0. The molecule has 1 unspecified atom stereocenters. The molecule has 0 spiro atoms. The van der Waals surface area contributed by atoms with Gasteiger partial charge >= 0.3 is 0 Å². The molecule has 3 aromatic rings. The van der Waals surface area contributed by atoms with Gasteiger partial charge in [-0.05, 0) is 31.0 Å². The van der Waals surface area contributed by atoms with Crippen LogP contribution in [0.3, 0.4) is 0 Å². The molecule has 0 aliphatic carbocycles. The third-order valence-corrected chi connectivity index (χ3v) is 4.85. The lowest BCUT2D eigenvalue weighted by molar-refractivity contribution is 0.0619. The van der Waals surface area contributed by atoms with Crippen LogP contribution >= 0.6 is 15.9 Å². The molecule has 4 rings (SSSR count). The molecule has 3 heteroatoms. The minimum absolute atomic E-state index is 0.445. The topological polar surface area (TPSA) is 14.2 Å². The van der Waals surface area contributed by atoms with Crippen LogP contribution in [0.2, 0.25) is 0 Å². The van der Waals surface area contributed by atoms with E-state index in [9.17, 15) is 0 Å². The quantitative estimate of drug-likeness (QED) is 0.618. The Labute approximate surface area is 126 Å². The molecule has 0 N–H and O–H groups in total. The van der Waals surface area contributed by atoms with Crippen molar-refractivity contribution in [1.82, 2.24) is 4.57 Å². The summed E-state index contributed by atoms with van der Waals surface area (Å²) < 4.78 is 9.34. The fourth-order valence-corrected chi connectivity index (χ4v) is 3.90. The van der Waals surface area contributed by atoms with Gasteiger partial charge in [0.25, 0.3) is 0 Å². The Morgan fingerprint density at radius 1 is 1.05 bits per heavy atom. The van der Waals surface area contributed by atoms with Crippen LogP contribution < -0.4 is 0 Å². The van der Waals surface area contributed by atoms with Crippen molar-refractivity contribution in [2.24, 2.45) is 0 Å². The molecule has 1 atom stereocenters. The predicted octanol–water partition coefficient (Wildman–Crippen LogP) is 4.91. The second-order valence-corrected chi connectivity index (χ2v) is 6.25. The summed E-state index contributed by atoms with van der Waals surface area (Å²) >= 11 is 3.71. The van der Waals surface area contributed by atoms with Crippen LogP contribution in [0.15, 0.2) is 46.9 Å². The molecule has 102 valence electrons. The van der Waals surface area contributed by atoms with Crippen molar-refractivity contribution < 1.29 is 4.74 Å². The van der Waals surface area contributed by atoms with Gasteiger partial charge in [0.05, 0.1) is 18.2 Å². The Morgan fingerprint density at radius 2 is 1.90 bits per heavy atom. The number of hydrogen-bond donors (Lipinski definition) is 0. The van der Waals surface area contributed by atoms with E-state index in [0.717, 1.165) is 19.6 Å². The molecular weight excluding hydrogens is 314 g/mol. The first-order valence-electron chi connectivity index (χ1n) is 7.11. The van der Waals surface area contributed by atoms with Gasteiger partial charge in [0.15, 0.2) is 0 Å². The lowest BCUT2D eigenvalue weighted by atomic mass is 10.1. The van der Waals surface area contributed by atoms with Crippen molar-refractivity contribution in [3.63, 3.8) is 0 Å². The third-order valence-electron chi connectivity index (χ3n) is 4.19. The number of aromatic nitrogens is 1. The highest BCUT2D eigenvalue weighted by molar-refractivity contribution is 9.10. The van der Waals surface area contributed by atoms with Crippen molar-refractivity contribution >= 4 is 37.7 Å². The standard InChI is InChI=1S/C17H16BrNO/c18-14-7-3-9-16-17(14)13-6-1-2-8-15(13)19(16)12-5-4-10-20-11-12/h1-3,6-9,12H,4-5,10-11H2. The number of fused-ring (bicyclic) bond motifs is 3. The van der Waals surface area contributed by atoms with E-state index in [0.29, 0.717) is 6.04 Å². The molecule has 0 bridgehead atoms. The van der Waals surface area contributed by atoms with E-state index in [4.69, 9.17) is 4.74 Å². The van der Waals surface area contributed by atoms with Crippen molar-refractivity contribution in [3.8, 4) is 0 Å². The first-order valence-corrected chi connectivity index (χ1v) is 7.90. The predicted molar refractivity (Wildman–Crippen MR) is 86.2 cm³/mol. The zero-order chi connectivity index (χ0) is 13.5. The summed E-state index contributed by atoms with van der Waals surface area (Å²) in [4.78, 5) is 0. The number of nitrogens with zero attached hydrogens (tertiary/aromatic N) is 1. The van der Waals surface area contributed by atoms with Gasteiger partial charge in [-0.2, -0.15) is 0 Å². The SMILES string of the molecule is Brc1cccc2c1c1ccccc1n2C1CCCOC1. The highest BCUT2D eigenvalue weighted by Crippen LogP contribution is 2.37. The first kappa shape index (κ1) is 12.4. The minimum atomic E-state index is 0.445. The Bertz CT molecular complexity index is 771.